The van der Waals surface area contributed by atoms with E-state index in [-0.39, 0.29) is 0 Å². The van der Waals surface area contributed by atoms with Gasteiger partial charge in [-0.25, -0.2) is 4.98 Å². The third-order valence-electron chi connectivity index (χ3n) is 3.16. The van der Waals surface area contributed by atoms with Crippen LogP contribution in [0, 0.1) is 6.92 Å². The highest BCUT2D eigenvalue weighted by molar-refractivity contribution is 7.09. The van der Waals surface area contributed by atoms with E-state index in [1.54, 1.807) is 11.3 Å². The second-order valence-electron chi connectivity index (χ2n) is 4.36. The van der Waals surface area contributed by atoms with Gasteiger partial charge < -0.3 is 5.32 Å². The summed E-state index contributed by atoms with van der Waals surface area (Å²) in [5, 5.41) is 5.70. The molecule has 17 heavy (non-hydrogen) atoms. The van der Waals surface area contributed by atoms with Gasteiger partial charge in [0, 0.05) is 30.6 Å². The number of hydrogen-bond acceptors (Lipinski definition) is 5. The molecule has 1 aromatic rings. The first-order chi connectivity index (χ1) is 8.29. The molecule has 2 rings (SSSR count). The highest BCUT2D eigenvalue weighted by Crippen LogP contribution is 2.14. The summed E-state index contributed by atoms with van der Waals surface area (Å²) in [4.78, 5) is 11.1. The molecule has 1 saturated heterocycles. The number of nitrogens with zero attached hydrogens (tertiary/aromatic N) is 2. The Hall–Kier alpha value is -0.490. The van der Waals surface area contributed by atoms with Gasteiger partial charge in [0.25, 0.3) is 0 Å². The molecule has 96 valence electrons. The normalized spacial score (nSPS) is 18.7. The maximum atomic E-state index is 5.50. The first-order valence-corrected chi connectivity index (χ1v) is 7.17. The topological polar surface area (TPSA) is 37.4 Å². The minimum absolute atomic E-state index is 0.619. The zero-order valence-electron chi connectivity index (χ0n) is 10.6. The highest BCUT2D eigenvalue weighted by Gasteiger charge is 2.19. The Morgan fingerprint density at radius 3 is 2.88 bits per heavy atom. The number of hydrogen-bond donors (Lipinski definition) is 1. The number of aryl methyl sites for hydroxylation is 1. The number of rotatable bonds is 5. The number of nitrogens with one attached hydrogen (secondary N) is 1. The monoisotopic (exact) mass is 255 g/mol. The van der Waals surface area contributed by atoms with Crippen LogP contribution in [0.3, 0.4) is 0 Å². The molecule has 4 nitrogen and oxygen atoms in total. The molecule has 0 unspecified atom stereocenters. The summed E-state index contributed by atoms with van der Waals surface area (Å²) in [5.74, 6) is 0. The van der Waals surface area contributed by atoms with Gasteiger partial charge in [-0.3, -0.25) is 4.84 Å². The van der Waals surface area contributed by atoms with Crippen LogP contribution in [0.25, 0.3) is 0 Å². The number of piperidine rings is 1. The molecule has 0 amide bonds. The summed E-state index contributed by atoms with van der Waals surface area (Å²) in [6, 6.07) is 0.619. The van der Waals surface area contributed by atoms with E-state index in [2.05, 4.69) is 22.3 Å². The predicted molar refractivity (Wildman–Crippen MR) is 69.9 cm³/mol. The van der Waals surface area contributed by atoms with Crippen molar-refractivity contribution in [3.63, 3.8) is 0 Å². The average Bonchev–Trinajstić information content (AvgIpc) is 2.75. The quantitative estimate of drug-likeness (QED) is 0.873. The molecule has 5 heteroatoms. The van der Waals surface area contributed by atoms with E-state index in [4.69, 9.17) is 4.84 Å². The fraction of sp³-hybridized carbons (Fsp3) is 0.750. The van der Waals surface area contributed by atoms with Crippen molar-refractivity contribution in [1.29, 1.82) is 0 Å². The lowest BCUT2D eigenvalue weighted by molar-refractivity contribution is -0.166. The molecule has 0 spiro atoms. The van der Waals surface area contributed by atoms with E-state index in [0.717, 1.165) is 44.8 Å². The lowest BCUT2D eigenvalue weighted by atomic mass is 10.1. The van der Waals surface area contributed by atoms with E-state index >= 15 is 0 Å². The number of hydroxylamine groups is 2. The fourth-order valence-electron chi connectivity index (χ4n) is 2.10. The van der Waals surface area contributed by atoms with Crippen molar-refractivity contribution in [3.8, 4) is 0 Å². The zero-order valence-corrected chi connectivity index (χ0v) is 11.4. The SMILES string of the molecule is CCON1CCC(NCc2scnc2C)CC1. The van der Waals surface area contributed by atoms with Gasteiger partial charge in [0.15, 0.2) is 0 Å². The van der Waals surface area contributed by atoms with Gasteiger partial charge in [-0.2, -0.15) is 5.06 Å². The molecule has 0 aliphatic carbocycles. The standard InChI is InChI=1S/C12H21N3OS/c1-3-16-15-6-4-11(5-7-15)13-8-12-10(2)14-9-17-12/h9,11,13H,3-8H2,1-2H3. The Bertz CT molecular complexity index is 334. The minimum Gasteiger partial charge on any atom is -0.309 e. The summed E-state index contributed by atoms with van der Waals surface area (Å²) in [6.07, 6.45) is 2.33. The van der Waals surface area contributed by atoms with Crippen LogP contribution in [0.4, 0.5) is 0 Å². The molecule has 1 aromatic heterocycles. The van der Waals surface area contributed by atoms with E-state index in [9.17, 15) is 0 Å². The lowest BCUT2D eigenvalue weighted by Gasteiger charge is -2.31. The van der Waals surface area contributed by atoms with Crippen LogP contribution in [0.2, 0.25) is 0 Å². The predicted octanol–water partition coefficient (Wildman–Crippen LogP) is 1.96. The van der Waals surface area contributed by atoms with Crippen LogP contribution in [0.5, 0.6) is 0 Å². The van der Waals surface area contributed by atoms with Crippen molar-refractivity contribution < 1.29 is 4.84 Å². The van der Waals surface area contributed by atoms with E-state index in [1.165, 1.54) is 4.88 Å². The zero-order chi connectivity index (χ0) is 12.1. The molecule has 1 N–H and O–H groups in total. The van der Waals surface area contributed by atoms with Crippen molar-refractivity contribution in [1.82, 2.24) is 15.4 Å². The van der Waals surface area contributed by atoms with Crippen molar-refractivity contribution in [2.45, 2.75) is 39.3 Å². The summed E-state index contributed by atoms with van der Waals surface area (Å²) >= 11 is 1.74. The van der Waals surface area contributed by atoms with Gasteiger partial charge in [0.05, 0.1) is 17.8 Å². The molecular weight excluding hydrogens is 234 g/mol. The first-order valence-electron chi connectivity index (χ1n) is 6.29. The highest BCUT2D eigenvalue weighted by atomic mass is 32.1. The van der Waals surface area contributed by atoms with Gasteiger partial charge >= 0.3 is 0 Å². The van der Waals surface area contributed by atoms with E-state index in [1.807, 2.05) is 12.4 Å². The van der Waals surface area contributed by atoms with Crippen LogP contribution in [0.1, 0.15) is 30.3 Å². The smallest absolute Gasteiger partial charge is 0.0798 e. The van der Waals surface area contributed by atoms with Crippen LogP contribution in [0.15, 0.2) is 5.51 Å². The lowest BCUT2D eigenvalue weighted by Crippen LogP contribution is -2.42. The van der Waals surface area contributed by atoms with Crippen LogP contribution < -0.4 is 5.32 Å². The third-order valence-corrected chi connectivity index (χ3v) is 4.10. The Labute approximate surface area is 107 Å². The molecule has 0 radical (unpaired) electrons. The molecule has 0 bridgehead atoms. The van der Waals surface area contributed by atoms with Gasteiger partial charge in [-0.05, 0) is 26.7 Å². The maximum Gasteiger partial charge on any atom is 0.0798 e. The average molecular weight is 255 g/mol. The molecule has 1 aliphatic heterocycles. The maximum absolute atomic E-state index is 5.50. The Morgan fingerprint density at radius 2 is 2.29 bits per heavy atom. The van der Waals surface area contributed by atoms with E-state index in [0.29, 0.717) is 6.04 Å². The van der Waals surface area contributed by atoms with Crippen molar-refractivity contribution in [2.75, 3.05) is 19.7 Å². The van der Waals surface area contributed by atoms with Crippen LogP contribution >= 0.6 is 11.3 Å². The first kappa shape index (κ1) is 13.0. The molecule has 2 heterocycles. The second-order valence-corrected chi connectivity index (χ2v) is 5.30. The van der Waals surface area contributed by atoms with Crippen LogP contribution in [-0.4, -0.2) is 35.8 Å². The summed E-state index contributed by atoms with van der Waals surface area (Å²) in [5.41, 5.74) is 3.08. The summed E-state index contributed by atoms with van der Waals surface area (Å²) < 4.78 is 0. The molecule has 0 atom stereocenters. The summed E-state index contributed by atoms with van der Waals surface area (Å²) in [6.45, 7) is 7.91. The van der Waals surface area contributed by atoms with E-state index < -0.39 is 0 Å². The summed E-state index contributed by atoms with van der Waals surface area (Å²) in [7, 11) is 0. The molecule has 1 fully saturated rings. The van der Waals surface area contributed by atoms with Crippen molar-refractivity contribution in [3.05, 3.63) is 16.1 Å². The molecule has 0 aromatic carbocycles. The Morgan fingerprint density at radius 1 is 1.53 bits per heavy atom. The Balaban J connectivity index is 1.70. The van der Waals surface area contributed by atoms with Gasteiger partial charge in [-0.1, -0.05) is 0 Å². The largest absolute Gasteiger partial charge is 0.309 e. The van der Waals surface area contributed by atoms with Gasteiger partial charge in [0.1, 0.15) is 0 Å². The van der Waals surface area contributed by atoms with Gasteiger partial charge in [-0.15, -0.1) is 11.3 Å². The number of thiazole rings is 1. The van der Waals surface area contributed by atoms with Gasteiger partial charge in [0.2, 0.25) is 0 Å². The number of aromatic nitrogens is 1. The van der Waals surface area contributed by atoms with Crippen molar-refractivity contribution in [2.24, 2.45) is 0 Å². The molecular formula is C12H21N3OS. The Kier molecular flexibility index (Phi) is 4.91. The third kappa shape index (κ3) is 3.74. The molecule has 1 aliphatic rings. The van der Waals surface area contributed by atoms with Crippen LogP contribution in [-0.2, 0) is 11.4 Å². The second kappa shape index (κ2) is 6.44. The fourth-order valence-corrected chi connectivity index (χ4v) is 2.83. The van der Waals surface area contributed by atoms with Crippen molar-refractivity contribution >= 4 is 11.3 Å². The minimum atomic E-state index is 0.619. The molecule has 0 saturated carbocycles.